The van der Waals surface area contributed by atoms with E-state index in [0.717, 1.165) is 28.8 Å². The third-order valence-electron chi connectivity index (χ3n) is 3.92. The zero-order valence-electron chi connectivity index (χ0n) is 14.8. The topological polar surface area (TPSA) is 51.2 Å². The van der Waals surface area contributed by atoms with Crippen molar-refractivity contribution in [2.24, 2.45) is 0 Å². The summed E-state index contributed by atoms with van der Waals surface area (Å²) < 4.78 is 6.53. The lowest BCUT2D eigenvalue weighted by Crippen LogP contribution is -2.10. The monoisotopic (exact) mass is 348 g/mol. The van der Waals surface area contributed by atoms with Crippen molar-refractivity contribution in [3.8, 4) is 5.75 Å². The van der Waals surface area contributed by atoms with E-state index in [1.807, 2.05) is 25.1 Å². The molecule has 1 heterocycles. The molecule has 2 rings (SSSR count). The van der Waals surface area contributed by atoms with Crippen LogP contribution in [0.4, 0.5) is 5.13 Å². The number of ether oxygens (including phenoxy) is 1. The zero-order valence-corrected chi connectivity index (χ0v) is 15.6. The van der Waals surface area contributed by atoms with E-state index >= 15 is 0 Å². The van der Waals surface area contributed by atoms with Crippen molar-refractivity contribution in [3.05, 3.63) is 18.2 Å². The summed E-state index contributed by atoms with van der Waals surface area (Å²) in [6, 6.07) is 5.82. The van der Waals surface area contributed by atoms with Gasteiger partial charge in [-0.3, -0.25) is 4.79 Å². The van der Waals surface area contributed by atoms with Gasteiger partial charge >= 0.3 is 0 Å². The van der Waals surface area contributed by atoms with Gasteiger partial charge in [-0.1, -0.05) is 56.8 Å². The van der Waals surface area contributed by atoms with Crippen LogP contribution in [0.3, 0.4) is 0 Å². The smallest absolute Gasteiger partial charge is 0.226 e. The van der Waals surface area contributed by atoms with Crippen molar-refractivity contribution in [1.82, 2.24) is 4.98 Å². The maximum atomic E-state index is 12.0. The van der Waals surface area contributed by atoms with Crippen LogP contribution in [-0.2, 0) is 4.79 Å². The number of benzene rings is 1. The SMILES string of the molecule is CCCCCCCCCC(=O)Nc1nc2ccc(OCC)cc2s1. The summed E-state index contributed by atoms with van der Waals surface area (Å²) in [5, 5.41) is 3.59. The molecule has 0 saturated heterocycles. The first-order chi connectivity index (χ1) is 11.7. The summed E-state index contributed by atoms with van der Waals surface area (Å²) >= 11 is 1.50. The van der Waals surface area contributed by atoms with E-state index in [2.05, 4.69) is 17.2 Å². The molecule has 1 amide bonds. The van der Waals surface area contributed by atoms with Gasteiger partial charge in [-0.25, -0.2) is 4.98 Å². The standard InChI is InChI=1S/C19H28N2O2S/c1-3-5-6-7-8-9-10-11-18(22)21-19-20-16-13-12-15(23-4-2)14-17(16)24-19/h12-14H,3-11H2,1-2H3,(H,20,21,22). The van der Waals surface area contributed by atoms with E-state index < -0.39 is 0 Å². The second kappa shape index (κ2) is 10.3. The van der Waals surface area contributed by atoms with Crippen LogP contribution < -0.4 is 10.1 Å². The largest absolute Gasteiger partial charge is 0.494 e. The molecular formula is C19H28N2O2S. The Morgan fingerprint density at radius 3 is 2.62 bits per heavy atom. The number of fused-ring (bicyclic) bond motifs is 1. The summed E-state index contributed by atoms with van der Waals surface area (Å²) in [7, 11) is 0. The first kappa shape index (κ1) is 18.7. The predicted octanol–water partition coefficient (Wildman–Crippen LogP) is 5.77. The maximum absolute atomic E-state index is 12.0. The molecule has 0 bridgehead atoms. The van der Waals surface area contributed by atoms with Crippen LogP contribution in [-0.4, -0.2) is 17.5 Å². The molecular weight excluding hydrogens is 320 g/mol. The summed E-state index contributed by atoms with van der Waals surface area (Å²) in [4.78, 5) is 16.5. The zero-order chi connectivity index (χ0) is 17.2. The van der Waals surface area contributed by atoms with Crippen LogP contribution in [0.2, 0.25) is 0 Å². The number of nitrogens with one attached hydrogen (secondary N) is 1. The number of hydrogen-bond donors (Lipinski definition) is 1. The number of unbranched alkanes of at least 4 members (excludes halogenated alkanes) is 6. The normalized spacial score (nSPS) is 10.9. The highest BCUT2D eigenvalue weighted by atomic mass is 32.1. The Labute approximate surface area is 148 Å². The van der Waals surface area contributed by atoms with Gasteiger partial charge in [0.05, 0.1) is 16.8 Å². The van der Waals surface area contributed by atoms with Gasteiger partial charge < -0.3 is 10.1 Å². The first-order valence-corrected chi connectivity index (χ1v) is 9.87. The Morgan fingerprint density at radius 2 is 1.88 bits per heavy atom. The van der Waals surface area contributed by atoms with E-state index in [1.165, 1.54) is 43.4 Å². The second-order valence-electron chi connectivity index (χ2n) is 6.00. The summed E-state index contributed by atoms with van der Waals surface area (Å²) in [6.45, 7) is 4.84. The highest BCUT2D eigenvalue weighted by molar-refractivity contribution is 7.22. The number of thiazole rings is 1. The number of amides is 1. The minimum absolute atomic E-state index is 0.0626. The van der Waals surface area contributed by atoms with E-state index in [-0.39, 0.29) is 5.91 Å². The average molecular weight is 349 g/mol. The second-order valence-corrected chi connectivity index (χ2v) is 7.03. The van der Waals surface area contributed by atoms with Gasteiger partial charge in [0, 0.05) is 6.42 Å². The molecule has 1 aromatic carbocycles. The molecule has 0 atom stereocenters. The van der Waals surface area contributed by atoms with Gasteiger partial charge in [-0.05, 0) is 31.5 Å². The number of carbonyl (C=O) groups is 1. The molecule has 0 radical (unpaired) electrons. The van der Waals surface area contributed by atoms with Gasteiger partial charge in [-0.2, -0.15) is 0 Å². The van der Waals surface area contributed by atoms with E-state index in [9.17, 15) is 4.79 Å². The Bertz CT molecular complexity index is 639. The van der Waals surface area contributed by atoms with Crippen LogP contribution >= 0.6 is 11.3 Å². The fraction of sp³-hybridized carbons (Fsp3) is 0.579. The fourth-order valence-electron chi connectivity index (χ4n) is 2.64. The quantitative estimate of drug-likeness (QED) is 0.524. The molecule has 0 spiro atoms. The summed E-state index contributed by atoms with van der Waals surface area (Å²) in [5.41, 5.74) is 0.898. The van der Waals surface area contributed by atoms with E-state index in [1.54, 1.807) is 0 Å². The third-order valence-corrected chi connectivity index (χ3v) is 4.86. The Hall–Kier alpha value is -1.62. The molecule has 1 aromatic heterocycles. The molecule has 0 unspecified atom stereocenters. The van der Waals surface area contributed by atoms with Gasteiger partial charge in [0.2, 0.25) is 5.91 Å². The third kappa shape index (κ3) is 6.11. The van der Waals surface area contributed by atoms with Crippen molar-refractivity contribution < 1.29 is 9.53 Å². The molecule has 132 valence electrons. The number of rotatable bonds is 11. The average Bonchev–Trinajstić information content (AvgIpc) is 2.95. The van der Waals surface area contributed by atoms with Crippen LogP contribution in [0.5, 0.6) is 5.75 Å². The lowest BCUT2D eigenvalue weighted by molar-refractivity contribution is -0.116. The highest BCUT2D eigenvalue weighted by Gasteiger charge is 2.08. The number of nitrogens with zero attached hydrogens (tertiary/aromatic N) is 1. The number of aromatic nitrogens is 1. The molecule has 0 aliphatic carbocycles. The van der Waals surface area contributed by atoms with Crippen molar-refractivity contribution >= 4 is 32.6 Å². The number of hydrogen-bond acceptors (Lipinski definition) is 4. The first-order valence-electron chi connectivity index (χ1n) is 9.06. The molecule has 0 aliphatic heterocycles. The lowest BCUT2D eigenvalue weighted by Gasteiger charge is -2.02. The van der Waals surface area contributed by atoms with Gasteiger partial charge in [0.25, 0.3) is 0 Å². The fourth-order valence-corrected chi connectivity index (χ4v) is 3.55. The molecule has 0 saturated carbocycles. The molecule has 1 N–H and O–H groups in total. The van der Waals surface area contributed by atoms with Crippen molar-refractivity contribution in [2.45, 2.75) is 65.2 Å². The van der Waals surface area contributed by atoms with E-state index in [4.69, 9.17) is 4.74 Å². The van der Waals surface area contributed by atoms with Gasteiger partial charge in [0.1, 0.15) is 5.75 Å². The molecule has 0 aliphatic rings. The lowest BCUT2D eigenvalue weighted by atomic mass is 10.1. The molecule has 0 fully saturated rings. The predicted molar refractivity (Wildman–Crippen MR) is 102 cm³/mol. The van der Waals surface area contributed by atoms with Gasteiger partial charge in [0.15, 0.2) is 5.13 Å². The van der Waals surface area contributed by atoms with E-state index in [0.29, 0.717) is 18.2 Å². The number of anilines is 1. The van der Waals surface area contributed by atoms with Crippen LogP contribution in [0.25, 0.3) is 10.2 Å². The number of carbonyl (C=O) groups excluding carboxylic acids is 1. The highest BCUT2D eigenvalue weighted by Crippen LogP contribution is 2.29. The van der Waals surface area contributed by atoms with Crippen molar-refractivity contribution in [1.29, 1.82) is 0 Å². The molecule has 24 heavy (non-hydrogen) atoms. The minimum atomic E-state index is 0.0626. The van der Waals surface area contributed by atoms with Crippen LogP contribution in [0, 0.1) is 0 Å². The Morgan fingerprint density at radius 1 is 1.12 bits per heavy atom. The maximum Gasteiger partial charge on any atom is 0.226 e. The van der Waals surface area contributed by atoms with Gasteiger partial charge in [-0.15, -0.1) is 0 Å². The summed E-state index contributed by atoms with van der Waals surface area (Å²) in [5.74, 6) is 0.905. The van der Waals surface area contributed by atoms with Crippen LogP contribution in [0.1, 0.15) is 65.2 Å². The molecule has 4 nitrogen and oxygen atoms in total. The summed E-state index contributed by atoms with van der Waals surface area (Å²) in [6.07, 6.45) is 9.10. The van der Waals surface area contributed by atoms with Crippen molar-refractivity contribution in [2.75, 3.05) is 11.9 Å². The molecule has 5 heteroatoms. The Kier molecular flexibility index (Phi) is 8.02. The Balaban J connectivity index is 1.74. The van der Waals surface area contributed by atoms with Crippen molar-refractivity contribution in [3.63, 3.8) is 0 Å². The van der Waals surface area contributed by atoms with Crippen LogP contribution in [0.15, 0.2) is 18.2 Å². The molecule has 2 aromatic rings. The minimum Gasteiger partial charge on any atom is -0.494 e.